The quantitative estimate of drug-likeness (QED) is 0.397. The van der Waals surface area contributed by atoms with E-state index in [4.69, 9.17) is 0 Å². The lowest BCUT2D eigenvalue weighted by molar-refractivity contribution is -0.385. The van der Waals surface area contributed by atoms with E-state index in [-0.39, 0.29) is 12.2 Å². The standard InChI is InChI=1S/C18H17N7O3/c1-12-8-9-15(10-16(12)25(27)28)13(2)19-20-17(26)11-24-22-18(21-23-24)14-6-4-3-5-7-14/h3-10H,11H2,1-2H3,(H,20,26). The Morgan fingerprint density at radius 2 is 2.00 bits per heavy atom. The predicted octanol–water partition coefficient (Wildman–Crippen LogP) is 2.10. The molecular formula is C18H17N7O3. The summed E-state index contributed by atoms with van der Waals surface area (Å²) >= 11 is 0. The van der Waals surface area contributed by atoms with Crippen molar-refractivity contribution in [3.63, 3.8) is 0 Å². The molecule has 3 rings (SSSR count). The first kappa shape index (κ1) is 18.8. The van der Waals surface area contributed by atoms with Crippen molar-refractivity contribution in [3.05, 3.63) is 69.8 Å². The zero-order valence-corrected chi connectivity index (χ0v) is 15.2. The molecule has 10 heteroatoms. The van der Waals surface area contributed by atoms with Crippen LogP contribution in [0.2, 0.25) is 0 Å². The van der Waals surface area contributed by atoms with E-state index in [0.29, 0.717) is 22.7 Å². The molecule has 142 valence electrons. The molecule has 28 heavy (non-hydrogen) atoms. The number of benzene rings is 2. The lowest BCUT2D eigenvalue weighted by atomic mass is 10.1. The second-order valence-corrected chi connectivity index (χ2v) is 6.00. The number of nitro groups is 1. The molecule has 2 aromatic carbocycles. The zero-order chi connectivity index (χ0) is 20.1. The van der Waals surface area contributed by atoms with Gasteiger partial charge < -0.3 is 0 Å². The summed E-state index contributed by atoms with van der Waals surface area (Å²) < 4.78 is 0. The molecule has 0 radical (unpaired) electrons. The van der Waals surface area contributed by atoms with Crippen LogP contribution in [-0.2, 0) is 11.3 Å². The van der Waals surface area contributed by atoms with Gasteiger partial charge in [-0.1, -0.05) is 42.5 Å². The average Bonchev–Trinajstić information content (AvgIpc) is 3.15. The van der Waals surface area contributed by atoms with E-state index < -0.39 is 10.8 Å². The van der Waals surface area contributed by atoms with Gasteiger partial charge in [-0.3, -0.25) is 14.9 Å². The summed E-state index contributed by atoms with van der Waals surface area (Å²) in [5.74, 6) is -0.0296. The highest BCUT2D eigenvalue weighted by Crippen LogP contribution is 2.19. The van der Waals surface area contributed by atoms with Gasteiger partial charge in [-0.05, 0) is 19.1 Å². The highest BCUT2D eigenvalue weighted by molar-refractivity contribution is 5.99. The number of hydrogen-bond donors (Lipinski definition) is 1. The first-order chi connectivity index (χ1) is 13.4. The van der Waals surface area contributed by atoms with Crippen molar-refractivity contribution in [2.24, 2.45) is 5.10 Å². The number of nitro benzene ring substituents is 1. The van der Waals surface area contributed by atoms with E-state index in [2.05, 4.69) is 25.9 Å². The minimum Gasteiger partial charge on any atom is -0.271 e. The number of carbonyl (C=O) groups excluding carboxylic acids is 1. The fourth-order valence-corrected chi connectivity index (χ4v) is 2.42. The monoisotopic (exact) mass is 379 g/mol. The maximum absolute atomic E-state index is 12.1. The fourth-order valence-electron chi connectivity index (χ4n) is 2.42. The van der Waals surface area contributed by atoms with Gasteiger partial charge in [0.25, 0.3) is 11.6 Å². The topological polar surface area (TPSA) is 128 Å². The molecule has 0 aliphatic heterocycles. The number of amides is 1. The first-order valence-electron chi connectivity index (χ1n) is 8.36. The minimum atomic E-state index is -0.453. The average molecular weight is 379 g/mol. The summed E-state index contributed by atoms with van der Waals surface area (Å²) in [6, 6.07) is 14.0. The van der Waals surface area contributed by atoms with Crippen LogP contribution in [0, 0.1) is 17.0 Å². The van der Waals surface area contributed by atoms with E-state index in [9.17, 15) is 14.9 Å². The molecule has 1 aromatic heterocycles. The Balaban J connectivity index is 1.65. The van der Waals surface area contributed by atoms with Crippen LogP contribution < -0.4 is 5.43 Å². The Morgan fingerprint density at radius 3 is 2.71 bits per heavy atom. The number of nitrogens with one attached hydrogen (secondary N) is 1. The van der Waals surface area contributed by atoms with Crippen LogP contribution in [0.3, 0.4) is 0 Å². The number of rotatable bonds is 6. The van der Waals surface area contributed by atoms with Crippen LogP contribution in [0.15, 0.2) is 53.6 Å². The third-order valence-corrected chi connectivity index (χ3v) is 3.94. The fraction of sp³-hybridized carbons (Fsp3) is 0.167. The third-order valence-electron chi connectivity index (χ3n) is 3.94. The van der Waals surface area contributed by atoms with Crippen molar-refractivity contribution in [2.75, 3.05) is 0 Å². The molecule has 0 bridgehead atoms. The van der Waals surface area contributed by atoms with E-state index in [1.54, 1.807) is 26.0 Å². The molecule has 10 nitrogen and oxygen atoms in total. The van der Waals surface area contributed by atoms with Gasteiger partial charge in [0, 0.05) is 22.8 Å². The van der Waals surface area contributed by atoms with Crippen LogP contribution in [0.4, 0.5) is 5.69 Å². The molecule has 0 saturated heterocycles. The van der Waals surface area contributed by atoms with Crippen molar-refractivity contribution < 1.29 is 9.72 Å². The van der Waals surface area contributed by atoms with Crippen LogP contribution in [0.1, 0.15) is 18.1 Å². The van der Waals surface area contributed by atoms with Crippen LogP contribution >= 0.6 is 0 Å². The summed E-state index contributed by atoms with van der Waals surface area (Å²) in [6.45, 7) is 3.14. The predicted molar refractivity (Wildman–Crippen MR) is 101 cm³/mol. The SMILES string of the molecule is CC(=NNC(=O)Cn1nnc(-c2ccccc2)n1)c1ccc(C)c([N+](=O)[O-])c1. The molecule has 0 aliphatic carbocycles. The molecule has 0 saturated carbocycles. The van der Waals surface area contributed by atoms with Crippen LogP contribution in [0.5, 0.6) is 0 Å². The highest BCUT2D eigenvalue weighted by Gasteiger charge is 2.13. The number of tetrazole rings is 1. The van der Waals surface area contributed by atoms with Crippen molar-refractivity contribution in [2.45, 2.75) is 20.4 Å². The number of aromatic nitrogens is 4. The van der Waals surface area contributed by atoms with Gasteiger partial charge in [0.2, 0.25) is 5.82 Å². The molecule has 0 atom stereocenters. The van der Waals surface area contributed by atoms with Gasteiger partial charge in [-0.25, -0.2) is 5.43 Å². The summed E-state index contributed by atoms with van der Waals surface area (Å²) in [6.07, 6.45) is 0. The lowest BCUT2D eigenvalue weighted by Gasteiger charge is -2.04. The minimum absolute atomic E-state index is 0.00127. The summed E-state index contributed by atoms with van der Waals surface area (Å²) in [5.41, 5.74) is 4.72. The Hall–Kier alpha value is -3.95. The molecule has 1 N–H and O–H groups in total. The normalized spacial score (nSPS) is 11.3. The third kappa shape index (κ3) is 4.41. The van der Waals surface area contributed by atoms with E-state index in [1.807, 2.05) is 30.3 Å². The Labute approximate surface area is 160 Å². The molecule has 0 unspecified atom stereocenters. The van der Waals surface area contributed by atoms with Gasteiger partial charge >= 0.3 is 0 Å². The number of aryl methyl sites for hydroxylation is 1. The Kier molecular flexibility index (Phi) is 5.49. The molecule has 1 amide bonds. The molecule has 0 aliphatic rings. The molecule has 1 heterocycles. The number of carbonyl (C=O) groups is 1. The Bertz CT molecular complexity index is 1040. The van der Waals surface area contributed by atoms with Gasteiger partial charge in [-0.15, -0.1) is 10.2 Å². The second kappa shape index (κ2) is 8.16. The van der Waals surface area contributed by atoms with E-state index in [0.717, 1.165) is 5.56 Å². The summed E-state index contributed by atoms with van der Waals surface area (Å²) in [4.78, 5) is 23.8. The lowest BCUT2D eigenvalue weighted by Crippen LogP contribution is -2.25. The maximum Gasteiger partial charge on any atom is 0.272 e. The Morgan fingerprint density at radius 1 is 1.25 bits per heavy atom. The van der Waals surface area contributed by atoms with Gasteiger partial charge in [0.15, 0.2) is 0 Å². The smallest absolute Gasteiger partial charge is 0.271 e. The maximum atomic E-state index is 12.1. The first-order valence-corrected chi connectivity index (χ1v) is 8.36. The number of hydrogen-bond acceptors (Lipinski definition) is 7. The molecule has 0 spiro atoms. The number of hydrazone groups is 1. The van der Waals surface area contributed by atoms with Gasteiger partial charge in [0.05, 0.1) is 10.6 Å². The largest absolute Gasteiger partial charge is 0.272 e. The highest BCUT2D eigenvalue weighted by atomic mass is 16.6. The van der Waals surface area contributed by atoms with Crippen molar-refractivity contribution in [1.82, 2.24) is 25.6 Å². The number of nitrogens with zero attached hydrogens (tertiary/aromatic N) is 6. The summed E-state index contributed by atoms with van der Waals surface area (Å²) in [7, 11) is 0. The molecule has 0 fully saturated rings. The zero-order valence-electron chi connectivity index (χ0n) is 15.2. The van der Waals surface area contributed by atoms with Crippen molar-refractivity contribution in [1.29, 1.82) is 0 Å². The van der Waals surface area contributed by atoms with Crippen LogP contribution in [0.25, 0.3) is 11.4 Å². The van der Waals surface area contributed by atoms with Gasteiger partial charge in [0.1, 0.15) is 6.54 Å². The second-order valence-electron chi connectivity index (χ2n) is 6.00. The van der Waals surface area contributed by atoms with E-state index in [1.165, 1.54) is 10.9 Å². The van der Waals surface area contributed by atoms with Crippen LogP contribution in [-0.4, -0.2) is 36.7 Å². The van der Waals surface area contributed by atoms with Crippen molar-refractivity contribution in [3.8, 4) is 11.4 Å². The van der Waals surface area contributed by atoms with E-state index >= 15 is 0 Å². The van der Waals surface area contributed by atoms with Crippen molar-refractivity contribution >= 4 is 17.3 Å². The molecule has 3 aromatic rings. The summed E-state index contributed by atoms with van der Waals surface area (Å²) in [5, 5.41) is 27.0. The van der Waals surface area contributed by atoms with Gasteiger partial charge in [-0.2, -0.15) is 9.90 Å². The molecular weight excluding hydrogens is 362 g/mol.